The molecule has 1 aliphatic heterocycles. The van der Waals surface area contributed by atoms with Gasteiger partial charge in [-0.05, 0) is 36.4 Å². The molecule has 1 unspecified atom stereocenters. The number of benzene rings is 3. The van der Waals surface area contributed by atoms with E-state index in [0.29, 0.717) is 22.7 Å². The quantitative estimate of drug-likeness (QED) is 0.549. The fourth-order valence-corrected chi connectivity index (χ4v) is 4.17. The minimum atomic E-state index is -1.43. The molecule has 1 aliphatic rings. The summed E-state index contributed by atoms with van der Waals surface area (Å²) in [5.74, 6) is -7.06. The molecular weight excluding hydrogens is 439 g/mol. The van der Waals surface area contributed by atoms with Crippen molar-refractivity contribution >= 4 is 22.7 Å². The second kappa shape index (κ2) is 8.03. The predicted molar refractivity (Wildman–Crippen MR) is 104 cm³/mol. The number of hydrogen-bond donors (Lipinski definition) is 1. The van der Waals surface area contributed by atoms with Crippen LogP contribution >= 0.6 is 11.8 Å². The Hall–Kier alpha value is -3.40. The first-order valence-electron chi connectivity index (χ1n) is 8.72. The SMILES string of the molecule is O=C(c1c(F)cc(F)cc1F)N1N=C(c2ccc(F)cc2)SC1c1ccc(F)cc1O. The molecule has 0 saturated carbocycles. The fourth-order valence-electron chi connectivity index (χ4n) is 2.98. The molecule has 158 valence electrons. The highest BCUT2D eigenvalue weighted by Gasteiger charge is 2.38. The maximum atomic E-state index is 14.2. The summed E-state index contributed by atoms with van der Waals surface area (Å²) in [4.78, 5) is 13.0. The maximum absolute atomic E-state index is 14.2. The smallest absolute Gasteiger partial charge is 0.281 e. The van der Waals surface area contributed by atoms with Crippen LogP contribution in [0.2, 0.25) is 0 Å². The number of aromatic hydroxyl groups is 1. The Morgan fingerprint density at radius 1 is 0.871 bits per heavy atom. The van der Waals surface area contributed by atoms with Gasteiger partial charge in [-0.1, -0.05) is 11.8 Å². The van der Waals surface area contributed by atoms with Crippen molar-refractivity contribution in [1.82, 2.24) is 5.01 Å². The lowest BCUT2D eigenvalue weighted by Gasteiger charge is -2.22. The van der Waals surface area contributed by atoms with Crippen LogP contribution in [-0.4, -0.2) is 21.1 Å². The van der Waals surface area contributed by atoms with Gasteiger partial charge in [0.1, 0.15) is 50.8 Å². The van der Waals surface area contributed by atoms with Gasteiger partial charge in [0.05, 0.1) is 0 Å². The summed E-state index contributed by atoms with van der Waals surface area (Å²) < 4.78 is 68.4. The van der Waals surface area contributed by atoms with Crippen molar-refractivity contribution in [2.75, 3.05) is 0 Å². The molecule has 0 fully saturated rings. The van der Waals surface area contributed by atoms with Crippen LogP contribution in [0.25, 0.3) is 0 Å². The number of hydrazone groups is 1. The lowest BCUT2D eigenvalue weighted by molar-refractivity contribution is 0.0738. The summed E-state index contributed by atoms with van der Waals surface area (Å²) in [7, 11) is 0. The normalized spacial score (nSPS) is 15.8. The molecule has 3 aromatic rings. The van der Waals surface area contributed by atoms with E-state index in [2.05, 4.69) is 5.10 Å². The van der Waals surface area contributed by atoms with Crippen LogP contribution in [0.5, 0.6) is 5.75 Å². The number of phenolic OH excluding ortho intramolecular Hbond substituents is 1. The van der Waals surface area contributed by atoms with Gasteiger partial charge >= 0.3 is 0 Å². The third-order valence-corrected chi connectivity index (χ3v) is 5.64. The molecule has 0 radical (unpaired) electrons. The molecule has 31 heavy (non-hydrogen) atoms. The number of phenols is 1. The highest BCUT2D eigenvalue weighted by Crippen LogP contribution is 2.45. The highest BCUT2D eigenvalue weighted by atomic mass is 32.2. The molecule has 4 rings (SSSR count). The van der Waals surface area contributed by atoms with Gasteiger partial charge < -0.3 is 5.11 Å². The Bertz CT molecular complexity index is 1190. The average molecular weight is 450 g/mol. The molecule has 10 heteroatoms. The Balaban J connectivity index is 1.81. The van der Waals surface area contributed by atoms with Gasteiger partial charge in [-0.15, -0.1) is 0 Å². The third kappa shape index (κ3) is 3.98. The molecule has 0 spiro atoms. The zero-order valence-corrected chi connectivity index (χ0v) is 16.1. The van der Waals surface area contributed by atoms with E-state index in [-0.39, 0.29) is 10.6 Å². The summed E-state index contributed by atoms with van der Waals surface area (Å²) in [6.07, 6.45) is 0. The number of amides is 1. The summed E-state index contributed by atoms with van der Waals surface area (Å²) >= 11 is 0.920. The average Bonchev–Trinajstić information content (AvgIpc) is 3.12. The first-order valence-corrected chi connectivity index (χ1v) is 9.60. The Labute approximate surface area is 176 Å². The van der Waals surface area contributed by atoms with Crippen molar-refractivity contribution in [1.29, 1.82) is 0 Å². The van der Waals surface area contributed by atoms with Gasteiger partial charge in [-0.25, -0.2) is 27.0 Å². The van der Waals surface area contributed by atoms with Gasteiger partial charge in [0.15, 0.2) is 0 Å². The molecule has 0 aliphatic carbocycles. The van der Waals surface area contributed by atoms with Crippen molar-refractivity contribution < 1.29 is 31.9 Å². The first kappa shape index (κ1) is 20.9. The standard InChI is InChI=1S/C21H11F5N2O2S/c22-11-3-1-10(2-4-11)19-27-28(20(30)18-15(25)7-13(24)8-16(18)26)21(31-19)14-6-5-12(23)9-17(14)29/h1-9,21,29H. The molecule has 0 aromatic heterocycles. The first-order chi connectivity index (χ1) is 14.7. The van der Waals surface area contributed by atoms with E-state index in [1.165, 1.54) is 18.2 Å². The van der Waals surface area contributed by atoms with Gasteiger partial charge in [-0.3, -0.25) is 4.79 Å². The van der Waals surface area contributed by atoms with Crippen molar-refractivity contribution in [3.63, 3.8) is 0 Å². The lowest BCUT2D eigenvalue weighted by Crippen LogP contribution is -2.28. The molecule has 0 bridgehead atoms. The molecule has 1 atom stereocenters. The summed E-state index contributed by atoms with van der Waals surface area (Å²) in [6, 6.07) is 8.84. The number of thioether (sulfide) groups is 1. The van der Waals surface area contributed by atoms with Crippen molar-refractivity contribution in [3.05, 3.63) is 100 Å². The van der Waals surface area contributed by atoms with Gasteiger partial charge in [0, 0.05) is 29.3 Å². The van der Waals surface area contributed by atoms with Crippen LogP contribution in [0.3, 0.4) is 0 Å². The molecule has 1 heterocycles. The van der Waals surface area contributed by atoms with Crippen molar-refractivity contribution in [2.24, 2.45) is 5.10 Å². The fraction of sp³-hybridized carbons (Fsp3) is 0.0476. The van der Waals surface area contributed by atoms with Gasteiger partial charge in [-0.2, -0.15) is 5.10 Å². The van der Waals surface area contributed by atoms with E-state index in [1.54, 1.807) is 0 Å². The van der Waals surface area contributed by atoms with E-state index in [4.69, 9.17) is 0 Å². The topological polar surface area (TPSA) is 52.9 Å². The third-order valence-electron chi connectivity index (χ3n) is 4.42. The van der Waals surface area contributed by atoms with Gasteiger partial charge in [0.25, 0.3) is 5.91 Å². The Kier molecular flexibility index (Phi) is 5.40. The minimum absolute atomic E-state index is 0.0449. The lowest BCUT2D eigenvalue weighted by atomic mass is 10.1. The number of carbonyl (C=O) groups excluding carboxylic acids is 1. The molecule has 3 aromatic carbocycles. The zero-order valence-electron chi connectivity index (χ0n) is 15.3. The van der Waals surface area contributed by atoms with Crippen LogP contribution < -0.4 is 0 Å². The Morgan fingerprint density at radius 2 is 1.48 bits per heavy atom. The number of carbonyl (C=O) groups is 1. The summed E-state index contributed by atoms with van der Waals surface area (Å²) in [5.41, 5.74) is -0.602. The summed E-state index contributed by atoms with van der Waals surface area (Å²) in [5, 5.41) is 14.0. The number of halogens is 5. The Morgan fingerprint density at radius 3 is 2.10 bits per heavy atom. The van der Waals surface area contributed by atoms with E-state index in [9.17, 15) is 31.9 Å². The molecular formula is C21H11F5N2O2S. The number of nitrogens with zero attached hydrogens (tertiary/aromatic N) is 2. The second-order valence-electron chi connectivity index (χ2n) is 6.48. The van der Waals surface area contributed by atoms with Crippen LogP contribution in [0.4, 0.5) is 22.0 Å². The van der Waals surface area contributed by atoms with E-state index in [0.717, 1.165) is 36.0 Å². The highest BCUT2D eigenvalue weighted by molar-refractivity contribution is 8.14. The molecule has 0 saturated heterocycles. The maximum Gasteiger partial charge on any atom is 0.281 e. The minimum Gasteiger partial charge on any atom is -0.507 e. The van der Waals surface area contributed by atoms with Crippen LogP contribution in [0.15, 0.2) is 59.7 Å². The predicted octanol–water partition coefficient (Wildman–Crippen LogP) is 5.34. The zero-order chi connectivity index (χ0) is 22.3. The molecule has 1 N–H and O–H groups in total. The summed E-state index contributed by atoms with van der Waals surface area (Å²) in [6.45, 7) is 0. The van der Waals surface area contributed by atoms with Crippen LogP contribution in [0.1, 0.15) is 26.9 Å². The molecule has 4 nitrogen and oxygen atoms in total. The number of rotatable bonds is 3. The second-order valence-corrected chi connectivity index (χ2v) is 7.55. The van der Waals surface area contributed by atoms with E-state index in [1.807, 2.05) is 0 Å². The number of hydrogen-bond acceptors (Lipinski definition) is 4. The van der Waals surface area contributed by atoms with Crippen LogP contribution in [-0.2, 0) is 0 Å². The van der Waals surface area contributed by atoms with Crippen LogP contribution in [0, 0.1) is 29.1 Å². The monoisotopic (exact) mass is 450 g/mol. The van der Waals surface area contributed by atoms with Gasteiger partial charge in [0.2, 0.25) is 0 Å². The van der Waals surface area contributed by atoms with Crippen molar-refractivity contribution in [3.8, 4) is 5.75 Å². The largest absolute Gasteiger partial charge is 0.507 e. The molecule has 1 amide bonds. The van der Waals surface area contributed by atoms with E-state index >= 15 is 0 Å². The van der Waals surface area contributed by atoms with Crippen molar-refractivity contribution in [2.45, 2.75) is 5.37 Å². The van der Waals surface area contributed by atoms with E-state index < -0.39 is 51.7 Å².